The Kier molecular flexibility index (Phi) is 7.85. The molecule has 3 aromatic rings. The van der Waals surface area contributed by atoms with Crippen molar-refractivity contribution >= 4 is 27.3 Å². The van der Waals surface area contributed by atoms with Crippen molar-refractivity contribution < 1.29 is 27.1 Å². The summed E-state index contributed by atoms with van der Waals surface area (Å²) in [6.07, 6.45) is 0. The van der Waals surface area contributed by atoms with Crippen molar-refractivity contribution in [3.05, 3.63) is 84.2 Å². The highest BCUT2D eigenvalue weighted by atomic mass is 32.2. The Bertz CT molecular complexity index is 1280. The number of carbonyl (C=O) groups excluding carboxylic acids is 1. The van der Waals surface area contributed by atoms with Gasteiger partial charge < -0.3 is 9.47 Å². The van der Waals surface area contributed by atoms with Gasteiger partial charge in [0.05, 0.1) is 30.5 Å². The molecule has 0 atom stereocenters. The zero-order chi connectivity index (χ0) is 24.7. The zero-order valence-corrected chi connectivity index (χ0v) is 19.7. The highest BCUT2D eigenvalue weighted by Gasteiger charge is 2.29. The number of hydrogen-bond donors (Lipinski definition) is 1. The number of nitrogens with zero attached hydrogens (tertiary/aromatic N) is 2. The SMILES string of the molecule is COc1ccc(N(CC(=O)N/N=C(\C)c2ccc(F)cc2)S(=O)(=O)c2ccccc2)c(OC)c1. The van der Waals surface area contributed by atoms with Crippen LogP contribution < -0.4 is 19.2 Å². The van der Waals surface area contributed by atoms with Crippen molar-refractivity contribution in [2.75, 3.05) is 25.1 Å². The Morgan fingerprint density at radius 1 is 1.00 bits per heavy atom. The topological polar surface area (TPSA) is 97.3 Å². The predicted molar refractivity (Wildman–Crippen MR) is 127 cm³/mol. The van der Waals surface area contributed by atoms with Crippen molar-refractivity contribution in [2.24, 2.45) is 5.10 Å². The van der Waals surface area contributed by atoms with Gasteiger partial charge in [0.25, 0.3) is 15.9 Å². The summed E-state index contributed by atoms with van der Waals surface area (Å²) in [6.45, 7) is 1.07. The van der Waals surface area contributed by atoms with Crippen LogP contribution in [0.25, 0.3) is 0 Å². The largest absolute Gasteiger partial charge is 0.497 e. The standard InChI is InChI=1S/C24H24FN3O5S/c1-17(18-9-11-19(25)12-10-18)26-27-24(29)16-28(34(30,31)21-7-5-4-6-8-21)22-14-13-20(32-2)15-23(22)33-3/h4-15H,16H2,1-3H3,(H,27,29)/b26-17+. The van der Waals surface area contributed by atoms with Gasteiger partial charge in [-0.1, -0.05) is 30.3 Å². The molecule has 0 bridgehead atoms. The number of ether oxygens (including phenoxy) is 2. The molecule has 0 saturated carbocycles. The lowest BCUT2D eigenvalue weighted by Crippen LogP contribution is -2.40. The van der Waals surface area contributed by atoms with Crippen LogP contribution in [0.5, 0.6) is 11.5 Å². The van der Waals surface area contributed by atoms with Gasteiger partial charge in [-0.3, -0.25) is 9.10 Å². The molecule has 0 fully saturated rings. The number of sulfonamides is 1. The van der Waals surface area contributed by atoms with Crippen molar-refractivity contribution in [3.8, 4) is 11.5 Å². The number of anilines is 1. The summed E-state index contributed by atoms with van der Waals surface area (Å²) < 4.78 is 51.6. The minimum atomic E-state index is -4.14. The maximum atomic E-state index is 13.5. The first kappa shape index (κ1) is 24.7. The van der Waals surface area contributed by atoms with Crippen LogP contribution in [-0.2, 0) is 14.8 Å². The molecule has 8 nitrogen and oxygen atoms in total. The van der Waals surface area contributed by atoms with Crippen molar-refractivity contribution in [1.29, 1.82) is 0 Å². The molecule has 0 saturated heterocycles. The van der Waals surface area contributed by atoms with E-state index in [1.165, 1.54) is 62.8 Å². The number of hydrazone groups is 1. The highest BCUT2D eigenvalue weighted by molar-refractivity contribution is 7.92. The number of nitrogens with one attached hydrogen (secondary N) is 1. The lowest BCUT2D eigenvalue weighted by Gasteiger charge is -2.25. The second kappa shape index (κ2) is 10.8. The summed E-state index contributed by atoms with van der Waals surface area (Å²) in [5.41, 5.74) is 3.55. The quantitative estimate of drug-likeness (QED) is 0.369. The molecule has 0 spiro atoms. The van der Waals surface area contributed by atoms with Crippen molar-refractivity contribution in [1.82, 2.24) is 5.43 Å². The van der Waals surface area contributed by atoms with E-state index < -0.39 is 28.3 Å². The first-order valence-corrected chi connectivity index (χ1v) is 11.6. The molecule has 10 heteroatoms. The van der Waals surface area contributed by atoms with E-state index in [1.54, 1.807) is 31.2 Å². The Labute approximate surface area is 197 Å². The average Bonchev–Trinajstić information content (AvgIpc) is 2.86. The number of amides is 1. The maximum Gasteiger partial charge on any atom is 0.264 e. The molecule has 0 aliphatic rings. The molecular formula is C24H24FN3O5S. The second-order valence-corrected chi connectivity index (χ2v) is 8.96. The Balaban J connectivity index is 1.94. The smallest absolute Gasteiger partial charge is 0.264 e. The molecule has 1 amide bonds. The molecular weight excluding hydrogens is 461 g/mol. The van der Waals surface area contributed by atoms with Crippen LogP contribution in [0.3, 0.4) is 0 Å². The molecule has 0 aromatic heterocycles. The van der Waals surface area contributed by atoms with Gasteiger partial charge in [-0.2, -0.15) is 5.10 Å². The van der Waals surface area contributed by atoms with Gasteiger partial charge in [-0.25, -0.2) is 18.2 Å². The van der Waals surface area contributed by atoms with Crippen LogP contribution >= 0.6 is 0 Å². The number of methoxy groups -OCH3 is 2. The minimum absolute atomic E-state index is 0.00617. The Morgan fingerprint density at radius 3 is 2.29 bits per heavy atom. The number of hydrogen-bond acceptors (Lipinski definition) is 6. The molecule has 34 heavy (non-hydrogen) atoms. The van der Waals surface area contributed by atoms with Crippen LogP contribution in [0.1, 0.15) is 12.5 Å². The average molecular weight is 486 g/mol. The van der Waals surface area contributed by atoms with Crippen molar-refractivity contribution in [3.63, 3.8) is 0 Å². The summed E-state index contributed by atoms with van der Waals surface area (Å²) in [6, 6.07) is 17.9. The van der Waals surface area contributed by atoms with E-state index >= 15 is 0 Å². The van der Waals surface area contributed by atoms with Crippen LogP contribution in [0.2, 0.25) is 0 Å². The van der Waals surface area contributed by atoms with Crippen molar-refractivity contribution in [2.45, 2.75) is 11.8 Å². The Hall–Kier alpha value is -3.92. The molecule has 0 aliphatic heterocycles. The molecule has 0 radical (unpaired) electrons. The third-order valence-corrected chi connectivity index (χ3v) is 6.66. The number of benzene rings is 3. The summed E-state index contributed by atoms with van der Waals surface area (Å²) in [5, 5.41) is 4.02. The monoisotopic (exact) mass is 485 g/mol. The van der Waals surface area contributed by atoms with E-state index in [2.05, 4.69) is 10.5 Å². The molecule has 178 valence electrons. The summed E-state index contributed by atoms with van der Waals surface area (Å²) in [5.74, 6) is -0.408. The van der Waals surface area contributed by atoms with E-state index in [0.29, 0.717) is 17.0 Å². The maximum absolute atomic E-state index is 13.5. The van der Waals surface area contributed by atoms with Crippen LogP contribution in [-0.4, -0.2) is 40.8 Å². The fourth-order valence-electron chi connectivity index (χ4n) is 3.08. The third-order valence-electron chi connectivity index (χ3n) is 4.88. The first-order valence-electron chi connectivity index (χ1n) is 10.1. The van der Waals surface area contributed by atoms with Gasteiger partial charge in [-0.05, 0) is 48.9 Å². The normalized spacial score (nSPS) is 11.6. The van der Waals surface area contributed by atoms with Crippen LogP contribution in [0.15, 0.2) is 82.8 Å². The van der Waals surface area contributed by atoms with Crippen LogP contribution in [0.4, 0.5) is 10.1 Å². The van der Waals surface area contributed by atoms with Gasteiger partial charge >= 0.3 is 0 Å². The molecule has 1 N–H and O–H groups in total. The zero-order valence-electron chi connectivity index (χ0n) is 18.9. The van der Waals surface area contributed by atoms with Crippen LogP contribution in [0, 0.1) is 5.82 Å². The predicted octanol–water partition coefficient (Wildman–Crippen LogP) is 3.58. The molecule has 3 rings (SSSR count). The van der Waals surface area contributed by atoms with Gasteiger partial charge in [0.1, 0.15) is 23.9 Å². The lowest BCUT2D eigenvalue weighted by atomic mass is 10.1. The summed E-state index contributed by atoms with van der Waals surface area (Å²) >= 11 is 0. The fourth-order valence-corrected chi connectivity index (χ4v) is 4.53. The molecule has 0 unspecified atom stereocenters. The van der Waals surface area contributed by atoms with Gasteiger partial charge in [0.2, 0.25) is 0 Å². The summed E-state index contributed by atoms with van der Waals surface area (Å²) in [4.78, 5) is 12.8. The molecule has 0 heterocycles. The van der Waals surface area contributed by atoms with Gasteiger partial charge in [0.15, 0.2) is 0 Å². The molecule has 0 aliphatic carbocycles. The van der Waals surface area contributed by atoms with E-state index in [1.807, 2.05) is 0 Å². The fraction of sp³-hybridized carbons (Fsp3) is 0.167. The van der Waals surface area contributed by atoms with Gasteiger partial charge in [-0.15, -0.1) is 0 Å². The molecule has 3 aromatic carbocycles. The first-order chi connectivity index (χ1) is 16.3. The number of rotatable bonds is 9. The second-order valence-electron chi connectivity index (χ2n) is 7.10. The number of carbonyl (C=O) groups is 1. The van der Waals surface area contributed by atoms with E-state index in [-0.39, 0.29) is 16.3 Å². The lowest BCUT2D eigenvalue weighted by molar-refractivity contribution is -0.119. The van der Waals surface area contributed by atoms with Gasteiger partial charge in [0, 0.05) is 6.07 Å². The summed E-state index contributed by atoms with van der Waals surface area (Å²) in [7, 11) is -1.27. The minimum Gasteiger partial charge on any atom is -0.497 e. The number of halogens is 1. The Morgan fingerprint density at radius 2 is 1.68 bits per heavy atom. The van der Waals surface area contributed by atoms with E-state index in [4.69, 9.17) is 9.47 Å². The van der Waals surface area contributed by atoms with E-state index in [9.17, 15) is 17.6 Å². The highest BCUT2D eigenvalue weighted by Crippen LogP contribution is 2.35. The third kappa shape index (κ3) is 5.70. The van der Waals surface area contributed by atoms with E-state index in [0.717, 1.165) is 4.31 Å².